The van der Waals surface area contributed by atoms with E-state index in [9.17, 15) is 4.79 Å². The summed E-state index contributed by atoms with van der Waals surface area (Å²) in [5.74, 6) is 1.47. The summed E-state index contributed by atoms with van der Waals surface area (Å²) < 4.78 is 0.817. The molecule has 1 amide bonds. The number of aromatic nitrogens is 1. The second-order valence-electron chi connectivity index (χ2n) is 3.66. The average Bonchev–Trinajstić information content (AvgIpc) is 2.26. The molecule has 88 valence electrons. The Morgan fingerprint density at radius 3 is 3.00 bits per heavy atom. The maximum absolute atomic E-state index is 11.7. The van der Waals surface area contributed by atoms with Crippen molar-refractivity contribution in [2.24, 2.45) is 5.92 Å². The van der Waals surface area contributed by atoms with Crippen LogP contribution >= 0.6 is 27.7 Å². The largest absolute Gasteiger partial charge is 0.352 e. The first-order chi connectivity index (χ1) is 7.63. The number of halogens is 1. The van der Waals surface area contributed by atoms with Gasteiger partial charge in [0.15, 0.2) is 0 Å². The van der Waals surface area contributed by atoms with Crippen LogP contribution in [-0.4, -0.2) is 29.4 Å². The first kappa shape index (κ1) is 13.5. The third-order valence-electron chi connectivity index (χ3n) is 2.03. The number of hydrogen-bond acceptors (Lipinski definition) is 3. The Kier molecular flexibility index (Phi) is 5.84. The Hall–Kier alpha value is -0.550. The molecule has 0 bridgehead atoms. The summed E-state index contributed by atoms with van der Waals surface area (Å²) >= 11 is 5.08. The third kappa shape index (κ3) is 4.53. The van der Waals surface area contributed by atoms with Crippen molar-refractivity contribution in [3.8, 4) is 0 Å². The first-order valence-corrected chi connectivity index (χ1v) is 7.20. The smallest absolute Gasteiger partial charge is 0.252 e. The molecule has 1 atom stereocenters. The molecule has 0 radical (unpaired) electrons. The molecule has 0 aliphatic rings. The highest BCUT2D eigenvalue weighted by atomic mass is 79.9. The molecular formula is C11H15BrN2OS. The minimum Gasteiger partial charge on any atom is -0.352 e. The van der Waals surface area contributed by atoms with Crippen LogP contribution in [0.3, 0.4) is 0 Å². The van der Waals surface area contributed by atoms with Gasteiger partial charge in [-0.25, -0.2) is 0 Å². The van der Waals surface area contributed by atoms with Gasteiger partial charge in [-0.2, -0.15) is 11.8 Å². The van der Waals surface area contributed by atoms with Gasteiger partial charge in [0, 0.05) is 23.4 Å². The highest BCUT2D eigenvalue weighted by Gasteiger charge is 2.08. The van der Waals surface area contributed by atoms with E-state index in [2.05, 4.69) is 39.4 Å². The van der Waals surface area contributed by atoms with Crippen molar-refractivity contribution >= 4 is 33.6 Å². The van der Waals surface area contributed by atoms with Crippen LogP contribution in [0.1, 0.15) is 17.3 Å². The van der Waals surface area contributed by atoms with Crippen molar-refractivity contribution in [2.45, 2.75) is 6.92 Å². The number of amides is 1. The molecule has 1 heterocycles. The third-order valence-corrected chi connectivity index (χ3v) is 3.37. The lowest BCUT2D eigenvalue weighted by atomic mass is 10.2. The molecule has 1 unspecified atom stereocenters. The molecule has 0 spiro atoms. The summed E-state index contributed by atoms with van der Waals surface area (Å²) in [6.45, 7) is 2.82. The Bertz CT molecular complexity index is 360. The van der Waals surface area contributed by atoms with Gasteiger partial charge in [0.05, 0.1) is 5.56 Å². The quantitative estimate of drug-likeness (QED) is 0.909. The van der Waals surface area contributed by atoms with E-state index in [4.69, 9.17) is 0 Å². The van der Waals surface area contributed by atoms with Crippen LogP contribution in [-0.2, 0) is 0 Å². The average molecular weight is 303 g/mol. The van der Waals surface area contributed by atoms with Crippen LogP contribution in [0.5, 0.6) is 0 Å². The molecule has 0 aromatic carbocycles. The minimum atomic E-state index is -0.0678. The van der Waals surface area contributed by atoms with Crippen LogP contribution in [0, 0.1) is 5.92 Å². The van der Waals surface area contributed by atoms with Gasteiger partial charge in [-0.15, -0.1) is 0 Å². The van der Waals surface area contributed by atoms with E-state index < -0.39 is 0 Å². The summed E-state index contributed by atoms with van der Waals surface area (Å²) in [4.78, 5) is 15.7. The zero-order valence-corrected chi connectivity index (χ0v) is 11.8. The highest BCUT2D eigenvalue weighted by molar-refractivity contribution is 9.10. The van der Waals surface area contributed by atoms with Gasteiger partial charge in [-0.3, -0.25) is 9.78 Å². The van der Waals surface area contributed by atoms with Crippen molar-refractivity contribution in [1.82, 2.24) is 10.3 Å². The topological polar surface area (TPSA) is 42.0 Å². The summed E-state index contributed by atoms with van der Waals surface area (Å²) in [5, 5.41) is 2.90. The van der Waals surface area contributed by atoms with Crippen LogP contribution < -0.4 is 5.32 Å². The maximum atomic E-state index is 11.7. The minimum absolute atomic E-state index is 0.0678. The fourth-order valence-corrected chi connectivity index (χ4v) is 2.30. The van der Waals surface area contributed by atoms with Crippen molar-refractivity contribution in [3.05, 3.63) is 28.5 Å². The summed E-state index contributed by atoms with van der Waals surface area (Å²) in [5.41, 5.74) is 0.589. The summed E-state index contributed by atoms with van der Waals surface area (Å²) in [6.07, 6.45) is 5.29. The van der Waals surface area contributed by atoms with E-state index in [-0.39, 0.29) is 5.91 Å². The molecule has 1 aromatic heterocycles. The predicted octanol–water partition coefficient (Wildman–Crippen LogP) is 2.57. The van der Waals surface area contributed by atoms with Crippen LogP contribution in [0.4, 0.5) is 0 Å². The van der Waals surface area contributed by atoms with E-state index in [1.54, 1.807) is 30.2 Å². The summed E-state index contributed by atoms with van der Waals surface area (Å²) in [6, 6.07) is 1.77. The van der Waals surface area contributed by atoms with Crippen molar-refractivity contribution in [1.29, 1.82) is 0 Å². The lowest BCUT2D eigenvalue weighted by Gasteiger charge is -2.11. The molecule has 1 aromatic rings. The van der Waals surface area contributed by atoms with Crippen molar-refractivity contribution < 1.29 is 4.79 Å². The molecule has 5 heteroatoms. The van der Waals surface area contributed by atoms with E-state index in [0.29, 0.717) is 18.0 Å². The number of hydrogen-bond donors (Lipinski definition) is 1. The normalized spacial score (nSPS) is 12.2. The Balaban J connectivity index is 2.47. The highest BCUT2D eigenvalue weighted by Crippen LogP contribution is 2.09. The van der Waals surface area contributed by atoms with Crippen LogP contribution in [0.2, 0.25) is 0 Å². The lowest BCUT2D eigenvalue weighted by molar-refractivity contribution is 0.0949. The zero-order valence-electron chi connectivity index (χ0n) is 9.37. The predicted molar refractivity (Wildman–Crippen MR) is 71.8 cm³/mol. The van der Waals surface area contributed by atoms with Gasteiger partial charge >= 0.3 is 0 Å². The van der Waals surface area contributed by atoms with E-state index in [1.165, 1.54) is 0 Å². The Morgan fingerprint density at radius 1 is 1.62 bits per heavy atom. The monoisotopic (exact) mass is 302 g/mol. The van der Waals surface area contributed by atoms with Gasteiger partial charge in [-0.1, -0.05) is 6.92 Å². The van der Waals surface area contributed by atoms with Gasteiger partial charge in [-0.05, 0) is 39.9 Å². The van der Waals surface area contributed by atoms with Crippen molar-refractivity contribution in [3.63, 3.8) is 0 Å². The van der Waals surface area contributed by atoms with Gasteiger partial charge in [0.1, 0.15) is 0 Å². The number of pyridine rings is 1. The first-order valence-electron chi connectivity index (χ1n) is 5.01. The van der Waals surface area contributed by atoms with E-state index in [0.717, 1.165) is 10.2 Å². The lowest BCUT2D eigenvalue weighted by Crippen LogP contribution is -2.29. The zero-order chi connectivity index (χ0) is 12.0. The van der Waals surface area contributed by atoms with Gasteiger partial charge < -0.3 is 5.32 Å². The number of carbonyl (C=O) groups is 1. The molecular weight excluding hydrogens is 288 g/mol. The van der Waals surface area contributed by atoms with E-state index in [1.807, 2.05) is 0 Å². The SMILES string of the molecule is CSCC(C)CNC(=O)c1cncc(Br)c1. The number of nitrogens with one attached hydrogen (secondary N) is 1. The molecule has 0 saturated heterocycles. The second-order valence-corrected chi connectivity index (χ2v) is 5.49. The molecule has 3 nitrogen and oxygen atoms in total. The fourth-order valence-electron chi connectivity index (χ4n) is 1.25. The number of rotatable bonds is 5. The van der Waals surface area contributed by atoms with Crippen LogP contribution in [0.15, 0.2) is 22.9 Å². The number of thioether (sulfide) groups is 1. The Morgan fingerprint density at radius 2 is 2.38 bits per heavy atom. The molecule has 0 aliphatic heterocycles. The second kappa shape index (κ2) is 6.91. The number of nitrogens with zero attached hydrogens (tertiary/aromatic N) is 1. The van der Waals surface area contributed by atoms with Gasteiger partial charge in [0.2, 0.25) is 0 Å². The standard InChI is InChI=1S/C11H15BrN2OS/c1-8(7-16-2)4-14-11(15)9-3-10(12)6-13-5-9/h3,5-6,8H,4,7H2,1-2H3,(H,14,15). The maximum Gasteiger partial charge on any atom is 0.252 e. The fraction of sp³-hybridized carbons (Fsp3) is 0.455. The van der Waals surface area contributed by atoms with Gasteiger partial charge in [0.25, 0.3) is 5.91 Å². The molecule has 0 fully saturated rings. The molecule has 1 N–H and O–H groups in total. The molecule has 0 saturated carbocycles. The Labute approximate surface area is 109 Å². The molecule has 1 rings (SSSR count). The van der Waals surface area contributed by atoms with Crippen molar-refractivity contribution in [2.75, 3.05) is 18.6 Å². The number of carbonyl (C=O) groups excluding carboxylic acids is 1. The van der Waals surface area contributed by atoms with Crippen LogP contribution in [0.25, 0.3) is 0 Å². The molecule has 16 heavy (non-hydrogen) atoms. The summed E-state index contributed by atoms with van der Waals surface area (Å²) in [7, 11) is 0. The molecule has 0 aliphatic carbocycles. The van der Waals surface area contributed by atoms with E-state index >= 15 is 0 Å².